The number of nitrogens with zero attached hydrogens (tertiary/aromatic N) is 2. The van der Waals surface area contributed by atoms with Gasteiger partial charge >= 0.3 is 6.18 Å². The minimum absolute atomic E-state index is 0.109. The standard InChI is InChI=1S/C12H14F3N3O/c1-7(19-2)6-18-10-4-3-8(12(13,14)15)5-9(10)17-11(18)16/h3-5,7H,6H2,1-2H3,(H2,16,17). The van der Waals surface area contributed by atoms with Crippen LogP contribution in [-0.2, 0) is 17.5 Å². The van der Waals surface area contributed by atoms with Gasteiger partial charge in [0.1, 0.15) is 0 Å². The van der Waals surface area contributed by atoms with Crippen molar-refractivity contribution in [3.63, 3.8) is 0 Å². The number of nitrogens with two attached hydrogens (primary N) is 1. The third kappa shape index (κ3) is 2.65. The summed E-state index contributed by atoms with van der Waals surface area (Å²) in [5, 5.41) is 0. The molecule has 0 bridgehead atoms. The topological polar surface area (TPSA) is 53.1 Å². The number of hydrogen-bond donors (Lipinski definition) is 1. The first kappa shape index (κ1) is 13.7. The van der Waals surface area contributed by atoms with Crippen molar-refractivity contribution in [3.8, 4) is 0 Å². The zero-order valence-electron chi connectivity index (χ0n) is 10.5. The van der Waals surface area contributed by atoms with Gasteiger partial charge in [0.2, 0.25) is 5.95 Å². The second-order valence-electron chi connectivity index (χ2n) is 4.33. The number of alkyl halides is 3. The van der Waals surface area contributed by atoms with E-state index in [0.29, 0.717) is 12.1 Å². The van der Waals surface area contributed by atoms with Crippen molar-refractivity contribution in [1.82, 2.24) is 9.55 Å². The number of methoxy groups -OCH3 is 1. The highest BCUT2D eigenvalue weighted by Crippen LogP contribution is 2.31. The Morgan fingerprint density at radius 2 is 2.11 bits per heavy atom. The Kier molecular flexibility index (Phi) is 3.40. The first-order chi connectivity index (χ1) is 8.82. The molecule has 7 heteroatoms. The summed E-state index contributed by atoms with van der Waals surface area (Å²) in [6.45, 7) is 2.28. The van der Waals surface area contributed by atoms with E-state index in [1.54, 1.807) is 11.7 Å². The van der Waals surface area contributed by atoms with Crippen molar-refractivity contribution in [2.75, 3.05) is 12.8 Å². The summed E-state index contributed by atoms with van der Waals surface area (Å²) < 4.78 is 44.6. The van der Waals surface area contributed by atoms with E-state index < -0.39 is 11.7 Å². The molecular formula is C12H14F3N3O. The molecule has 0 spiro atoms. The number of hydrogen-bond acceptors (Lipinski definition) is 3. The van der Waals surface area contributed by atoms with E-state index in [-0.39, 0.29) is 17.6 Å². The Labute approximate surface area is 108 Å². The molecule has 1 aromatic carbocycles. The number of anilines is 1. The maximum Gasteiger partial charge on any atom is 0.416 e. The number of halogens is 3. The predicted octanol–water partition coefficient (Wildman–Crippen LogP) is 2.67. The number of rotatable bonds is 3. The average molecular weight is 273 g/mol. The highest BCUT2D eigenvalue weighted by atomic mass is 19.4. The average Bonchev–Trinajstić information content (AvgIpc) is 2.64. The molecule has 1 aromatic heterocycles. The molecule has 4 nitrogen and oxygen atoms in total. The zero-order chi connectivity index (χ0) is 14.2. The Bertz CT molecular complexity index is 592. The lowest BCUT2D eigenvalue weighted by molar-refractivity contribution is -0.137. The molecule has 2 N–H and O–H groups in total. The third-order valence-electron chi connectivity index (χ3n) is 2.95. The number of aromatic nitrogens is 2. The van der Waals surface area contributed by atoms with E-state index in [2.05, 4.69) is 4.98 Å². The number of imidazole rings is 1. The zero-order valence-corrected chi connectivity index (χ0v) is 10.5. The molecule has 104 valence electrons. The molecule has 0 aliphatic carbocycles. The molecule has 1 atom stereocenters. The molecular weight excluding hydrogens is 259 g/mol. The van der Waals surface area contributed by atoms with Gasteiger partial charge in [-0.25, -0.2) is 4.98 Å². The summed E-state index contributed by atoms with van der Waals surface area (Å²) in [5.41, 5.74) is 5.79. The molecule has 2 rings (SSSR count). The van der Waals surface area contributed by atoms with E-state index in [0.717, 1.165) is 12.1 Å². The molecule has 0 fully saturated rings. The van der Waals surface area contributed by atoms with Crippen LogP contribution in [0.1, 0.15) is 12.5 Å². The number of benzene rings is 1. The van der Waals surface area contributed by atoms with Crippen LogP contribution in [0, 0.1) is 0 Å². The quantitative estimate of drug-likeness (QED) is 0.935. The highest BCUT2D eigenvalue weighted by Gasteiger charge is 2.31. The van der Waals surface area contributed by atoms with Crippen molar-refractivity contribution >= 4 is 17.0 Å². The van der Waals surface area contributed by atoms with Crippen molar-refractivity contribution in [3.05, 3.63) is 23.8 Å². The van der Waals surface area contributed by atoms with Gasteiger partial charge in [0.05, 0.1) is 29.2 Å². The maximum atomic E-state index is 12.6. The van der Waals surface area contributed by atoms with Crippen LogP contribution < -0.4 is 5.73 Å². The Morgan fingerprint density at radius 1 is 1.42 bits per heavy atom. The first-order valence-electron chi connectivity index (χ1n) is 5.68. The molecule has 2 aromatic rings. The molecule has 0 saturated heterocycles. The van der Waals surface area contributed by atoms with E-state index in [4.69, 9.17) is 10.5 Å². The maximum absolute atomic E-state index is 12.6. The summed E-state index contributed by atoms with van der Waals surface area (Å²) in [6, 6.07) is 3.40. The molecule has 0 saturated carbocycles. The largest absolute Gasteiger partial charge is 0.416 e. The van der Waals surface area contributed by atoms with Gasteiger partial charge in [-0.3, -0.25) is 0 Å². The van der Waals surface area contributed by atoms with Gasteiger partial charge in [-0.2, -0.15) is 13.2 Å². The summed E-state index contributed by atoms with van der Waals surface area (Å²) in [6.07, 6.45) is -4.49. The number of ether oxygens (including phenoxy) is 1. The van der Waals surface area contributed by atoms with Crippen molar-refractivity contribution in [2.45, 2.75) is 25.7 Å². The second kappa shape index (κ2) is 4.73. The van der Waals surface area contributed by atoms with Crippen molar-refractivity contribution in [1.29, 1.82) is 0 Å². The van der Waals surface area contributed by atoms with E-state index >= 15 is 0 Å². The molecule has 0 aliphatic rings. The monoisotopic (exact) mass is 273 g/mol. The van der Waals surface area contributed by atoms with Gasteiger partial charge in [-0.15, -0.1) is 0 Å². The van der Waals surface area contributed by atoms with Gasteiger partial charge < -0.3 is 15.0 Å². The Hall–Kier alpha value is -1.76. The Balaban J connectivity index is 2.48. The van der Waals surface area contributed by atoms with Gasteiger partial charge in [-0.1, -0.05) is 0 Å². The van der Waals surface area contributed by atoms with E-state index in [1.165, 1.54) is 6.07 Å². The number of fused-ring (bicyclic) bond motifs is 1. The van der Waals surface area contributed by atoms with Crippen LogP contribution in [0.3, 0.4) is 0 Å². The fourth-order valence-corrected chi connectivity index (χ4v) is 1.85. The van der Waals surface area contributed by atoms with Crippen LogP contribution in [-0.4, -0.2) is 22.8 Å². The van der Waals surface area contributed by atoms with Gasteiger partial charge in [0.15, 0.2) is 0 Å². The Morgan fingerprint density at radius 3 is 2.68 bits per heavy atom. The third-order valence-corrected chi connectivity index (χ3v) is 2.95. The molecule has 0 amide bonds. The first-order valence-corrected chi connectivity index (χ1v) is 5.68. The molecule has 1 heterocycles. The van der Waals surface area contributed by atoms with Crippen molar-refractivity contribution in [2.24, 2.45) is 0 Å². The second-order valence-corrected chi connectivity index (χ2v) is 4.33. The highest BCUT2D eigenvalue weighted by molar-refractivity contribution is 5.79. The van der Waals surface area contributed by atoms with Crippen LogP contribution in [0.4, 0.5) is 19.1 Å². The summed E-state index contributed by atoms with van der Waals surface area (Å²) in [7, 11) is 1.56. The fraction of sp³-hybridized carbons (Fsp3) is 0.417. The fourth-order valence-electron chi connectivity index (χ4n) is 1.85. The normalized spacial score (nSPS) is 13.9. The lowest BCUT2D eigenvalue weighted by atomic mass is 10.2. The SMILES string of the molecule is COC(C)Cn1c(N)nc2cc(C(F)(F)F)ccc21. The summed E-state index contributed by atoms with van der Waals surface area (Å²) >= 11 is 0. The molecule has 1 unspecified atom stereocenters. The van der Waals surface area contributed by atoms with Crippen LogP contribution >= 0.6 is 0 Å². The lowest BCUT2D eigenvalue weighted by Crippen LogP contribution is -2.16. The van der Waals surface area contributed by atoms with Crippen LogP contribution in [0.25, 0.3) is 11.0 Å². The molecule has 0 aliphatic heterocycles. The number of nitrogen functional groups attached to an aromatic ring is 1. The minimum Gasteiger partial charge on any atom is -0.380 e. The smallest absolute Gasteiger partial charge is 0.380 e. The predicted molar refractivity (Wildman–Crippen MR) is 65.6 cm³/mol. The van der Waals surface area contributed by atoms with Crippen molar-refractivity contribution < 1.29 is 17.9 Å². The molecule has 19 heavy (non-hydrogen) atoms. The molecule has 0 radical (unpaired) electrons. The van der Waals surface area contributed by atoms with Crippen LogP contribution in [0.2, 0.25) is 0 Å². The van der Waals surface area contributed by atoms with E-state index in [1.807, 2.05) is 6.92 Å². The van der Waals surface area contributed by atoms with Crippen LogP contribution in [0.5, 0.6) is 0 Å². The van der Waals surface area contributed by atoms with E-state index in [9.17, 15) is 13.2 Å². The summed E-state index contributed by atoms with van der Waals surface area (Å²) in [5.74, 6) is 0.179. The van der Waals surface area contributed by atoms with Gasteiger partial charge in [0, 0.05) is 7.11 Å². The van der Waals surface area contributed by atoms with Crippen LogP contribution in [0.15, 0.2) is 18.2 Å². The lowest BCUT2D eigenvalue weighted by Gasteiger charge is -2.12. The summed E-state index contributed by atoms with van der Waals surface area (Å²) in [4.78, 5) is 3.96. The van der Waals surface area contributed by atoms with Gasteiger partial charge in [0.25, 0.3) is 0 Å². The van der Waals surface area contributed by atoms with Gasteiger partial charge in [-0.05, 0) is 25.1 Å². The minimum atomic E-state index is -4.38.